The minimum Gasteiger partial charge on any atom is -0.479 e. The van der Waals surface area contributed by atoms with Crippen molar-refractivity contribution < 1.29 is 32.9 Å². The van der Waals surface area contributed by atoms with Gasteiger partial charge >= 0.3 is 12.6 Å². The van der Waals surface area contributed by atoms with Crippen molar-refractivity contribution >= 4 is 5.97 Å². The van der Waals surface area contributed by atoms with Gasteiger partial charge in [-0.25, -0.2) is 9.18 Å². The van der Waals surface area contributed by atoms with Gasteiger partial charge in [-0.05, 0) is 12.1 Å². The van der Waals surface area contributed by atoms with E-state index >= 15 is 0 Å². The molecule has 0 aliphatic heterocycles. The third-order valence-electron chi connectivity index (χ3n) is 1.99. The molecule has 0 bridgehead atoms. The summed E-state index contributed by atoms with van der Waals surface area (Å²) >= 11 is 0. The summed E-state index contributed by atoms with van der Waals surface area (Å²) in [7, 11) is 0. The number of benzene rings is 1. The van der Waals surface area contributed by atoms with Crippen LogP contribution >= 0.6 is 0 Å². The number of carboxylic acid groups (broad SMARTS) is 1. The number of ether oxygens (including phenoxy) is 1. The number of carboxylic acids is 1. The van der Waals surface area contributed by atoms with Gasteiger partial charge in [-0.15, -0.1) is 0 Å². The highest BCUT2D eigenvalue weighted by atomic mass is 19.3. The molecule has 1 unspecified atom stereocenters. The fourth-order valence-electron chi connectivity index (χ4n) is 1.27. The lowest BCUT2D eigenvalue weighted by Gasteiger charge is -2.13. The van der Waals surface area contributed by atoms with E-state index in [-0.39, 0.29) is 0 Å². The monoisotopic (exact) mass is 261 g/mol. The summed E-state index contributed by atoms with van der Waals surface area (Å²) in [4.78, 5) is 10.5. The van der Waals surface area contributed by atoms with Crippen LogP contribution in [0.2, 0.25) is 0 Å². The maximum atomic E-state index is 13.3. The number of carbonyl (C=O) groups is 1. The molecule has 0 spiro atoms. The minimum atomic E-state index is -3.27. The fourth-order valence-corrected chi connectivity index (χ4v) is 1.27. The Kier molecular flexibility index (Phi) is 4.12. The van der Waals surface area contributed by atoms with Crippen LogP contribution in [0.3, 0.4) is 0 Å². The maximum absolute atomic E-state index is 13.3. The van der Waals surface area contributed by atoms with Gasteiger partial charge in [0.2, 0.25) is 0 Å². The van der Waals surface area contributed by atoms with Crippen molar-refractivity contribution in [2.75, 3.05) is 0 Å². The lowest BCUT2D eigenvalue weighted by molar-refractivity contribution is -0.147. The van der Waals surface area contributed by atoms with Crippen LogP contribution in [0, 0.1) is 17.1 Å². The summed E-state index contributed by atoms with van der Waals surface area (Å²) in [6, 6.07) is 2.70. The second-order valence-electron chi connectivity index (χ2n) is 3.07. The number of nitriles is 1. The Hall–Kier alpha value is -2.27. The van der Waals surface area contributed by atoms with Crippen molar-refractivity contribution in [2.24, 2.45) is 0 Å². The van der Waals surface area contributed by atoms with Crippen LogP contribution in [0.4, 0.5) is 13.2 Å². The molecule has 0 fully saturated rings. The summed E-state index contributed by atoms with van der Waals surface area (Å²) in [6.07, 6.45) is -2.35. The van der Waals surface area contributed by atoms with Gasteiger partial charge in [-0.1, -0.05) is 0 Å². The van der Waals surface area contributed by atoms with E-state index in [2.05, 4.69) is 4.74 Å². The average Bonchev–Trinajstić information content (AvgIpc) is 2.29. The highest BCUT2D eigenvalue weighted by Gasteiger charge is 2.27. The zero-order chi connectivity index (χ0) is 13.9. The van der Waals surface area contributed by atoms with Crippen LogP contribution in [0.1, 0.15) is 17.2 Å². The van der Waals surface area contributed by atoms with Crippen LogP contribution in [0.15, 0.2) is 12.1 Å². The molecule has 0 aliphatic carbocycles. The van der Waals surface area contributed by atoms with Gasteiger partial charge in [-0.3, -0.25) is 0 Å². The van der Waals surface area contributed by atoms with Crippen LogP contribution in [-0.4, -0.2) is 22.8 Å². The van der Waals surface area contributed by atoms with E-state index in [0.29, 0.717) is 6.07 Å². The molecule has 1 aromatic carbocycles. The molecule has 18 heavy (non-hydrogen) atoms. The molecule has 0 saturated heterocycles. The summed E-state index contributed by atoms with van der Waals surface area (Å²) < 4.78 is 41.3. The van der Waals surface area contributed by atoms with Gasteiger partial charge in [0.05, 0.1) is 0 Å². The number of hydrogen-bond donors (Lipinski definition) is 2. The Balaban J connectivity index is 3.40. The summed E-state index contributed by atoms with van der Waals surface area (Å²) in [6.45, 7) is -3.27. The number of halogens is 3. The molecule has 0 amide bonds. The lowest BCUT2D eigenvalue weighted by atomic mass is 10.0. The summed E-state index contributed by atoms with van der Waals surface area (Å²) in [5.74, 6) is -3.73. The van der Waals surface area contributed by atoms with E-state index in [0.717, 1.165) is 6.07 Å². The first-order valence-corrected chi connectivity index (χ1v) is 4.46. The Labute approximate surface area is 98.6 Å². The van der Waals surface area contributed by atoms with Crippen LogP contribution in [0.5, 0.6) is 5.75 Å². The van der Waals surface area contributed by atoms with Gasteiger partial charge < -0.3 is 14.9 Å². The Morgan fingerprint density at radius 2 is 2.06 bits per heavy atom. The number of aliphatic carboxylic acids is 1. The number of nitrogens with zero attached hydrogens (tertiary/aromatic N) is 1. The zero-order valence-electron chi connectivity index (χ0n) is 8.60. The third kappa shape index (κ3) is 2.70. The Morgan fingerprint density at radius 3 is 2.50 bits per heavy atom. The lowest BCUT2D eigenvalue weighted by Crippen LogP contribution is -2.15. The van der Waals surface area contributed by atoms with Gasteiger partial charge in [0.1, 0.15) is 23.2 Å². The van der Waals surface area contributed by atoms with Crippen molar-refractivity contribution in [3.8, 4) is 11.8 Å². The predicted octanol–water partition coefficient (Wildman–Crippen LogP) is 1.42. The molecule has 1 aromatic rings. The largest absolute Gasteiger partial charge is 0.479 e. The number of aliphatic hydroxyl groups excluding tert-OH is 1. The highest BCUT2D eigenvalue weighted by Crippen LogP contribution is 2.30. The predicted molar refractivity (Wildman–Crippen MR) is 50.3 cm³/mol. The smallest absolute Gasteiger partial charge is 0.387 e. The molecular weight excluding hydrogens is 255 g/mol. The third-order valence-corrected chi connectivity index (χ3v) is 1.99. The first-order chi connectivity index (χ1) is 8.38. The molecule has 0 heterocycles. The van der Waals surface area contributed by atoms with Crippen LogP contribution < -0.4 is 4.74 Å². The van der Waals surface area contributed by atoms with Gasteiger partial charge in [-0.2, -0.15) is 14.0 Å². The van der Waals surface area contributed by atoms with E-state index in [1.54, 1.807) is 0 Å². The van der Waals surface area contributed by atoms with E-state index < -0.39 is 41.4 Å². The second kappa shape index (κ2) is 5.37. The average molecular weight is 261 g/mol. The van der Waals surface area contributed by atoms with Crippen molar-refractivity contribution in [3.63, 3.8) is 0 Å². The first kappa shape index (κ1) is 13.8. The molecule has 2 N–H and O–H groups in total. The normalized spacial score (nSPS) is 12.0. The van der Waals surface area contributed by atoms with Crippen molar-refractivity contribution in [2.45, 2.75) is 12.7 Å². The topological polar surface area (TPSA) is 90.5 Å². The number of hydrogen-bond acceptors (Lipinski definition) is 4. The molecule has 96 valence electrons. The molecule has 0 aromatic heterocycles. The Bertz CT molecular complexity index is 513. The van der Waals surface area contributed by atoms with Crippen LogP contribution in [-0.2, 0) is 4.79 Å². The molecular formula is C10H6F3NO4. The van der Waals surface area contributed by atoms with Crippen molar-refractivity contribution in [1.82, 2.24) is 0 Å². The van der Waals surface area contributed by atoms with E-state index in [9.17, 15) is 23.1 Å². The molecule has 0 aliphatic rings. The summed E-state index contributed by atoms with van der Waals surface area (Å²) in [5, 5.41) is 26.5. The number of aliphatic hydroxyl groups is 1. The number of alkyl halides is 2. The van der Waals surface area contributed by atoms with E-state index in [1.165, 1.54) is 6.07 Å². The molecule has 5 nitrogen and oxygen atoms in total. The standard InChI is InChI=1S/C10H6F3NO4/c11-5-1-2-6(18-10(12)13)4(3-14)7(5)8(15)9(16)17/h1-2,8,10,15H,(H,16,17). The maximum Gasteiger partial charge on any atom is 0.387 e. The molecule has 1 rings (SSSR count). The van der Waals surface area contributed by atoms with Crippen molar-refractivity contribution in [1.29, 1.82) is 5.26 Å². The van der Waals surface area contributed by atoms with Gasteiger partial charge in [0.25, 0.3) is 0 Å². The highest BCUT2D eigenvalue weighted by molar-refractivity contribution is 5.76. The van der Waals surface area contributed by atoms with Gasteiger partial charge in [0, 0.05) is 5.56 Å². The first-order valence-electron chi connectivity index (χ1n) is 4.46. The minimum absolute atomic E-state index is 0.625. The molecule has 0 radical (unpaired) electrons. The molecule has 8 heteroatoms. The van der Waals surface area contributed by atoms with E-state index in [4.69, 9.17) is 10.4 Å². The fraction of sp³-hybridized carbons (Fsp3) is 0.200. The Morgan fingerprint density at radius 1 is 1.44 bits per heavy atom. The van der Waals surface area contributed by atoms with Crippen molar-refractivity contribution in [3.05, 3.63) is 29.1 Å². The summed E-state index contributed by atoms with van der Waals surface area (Å²) in [5.41, 5.74) is -1.70. The van der Waals surface area contributed by atoms with Crippen LogP contribution in [0.25, 0.3) is 0 Å². The SMILES string of the molecule is N#Cc1c(OC(F)F)ccc(F)c1C(O)C(=O)O. The van der Waals surface area contributed by atoms with Gasteiger partial charge in [0.15, 0.2) is 6.10 Å². The number of rotatable bonds is 4. The molecule has 0 saturated carbocycles. The molecule has 1 atom stereocenters. The van der Waals surface area contributed by atoms with E-state index in [1.807, 2.05) is 0 Å². The second-order valence-corrected chi connectivity index (χ2v) is 3.07. The zero-order valence-corrected chi connectivity index (χ0v) is 8.60. The quantitative estimate of drug-likeness (QED) is 0.855.